The fourth-order valence-corrected chi connectivity index (χ4v) is 5.46. The van der Waals surface area contributed by atoms with Gasteiger partial charge in [0.25, 0.3) is 11.7 Å². The molecule has 0 aromatic carbocycles. The molecular formula is C23H26N6O3S. The number of carbonyl (C=O) groups excluding carboxylic acids is 2. The van der Waals surface area contributed by atoms with Gasteiger partial charge in [-0.05, 0) is 64.0 Å². The third-order valence-electron chi connectivity index (χ3n) is 6.02. The van der Waals surface area contributed by atoms with Crippen molar-refractivity contribution in [3.63, 3.8) is 0 Å². The first-order chi connectivity index (χ1) is 15.9. The Hall–Kier alpha value is -3.32. The minimum Gasteiger partial charge on any atom is -0.453 e. The van der Waals surface area contributed by atoms with Crippen LogP contribution in [0.25, 0.3) is 5.78 Å². The van der Waals surface area contributed by atoms with Gasteiger partial charge in [-0.25, -0.2) is 9.50 Å². The molecule has 9 nitrogen and oxygen atoms in total. The molecule has 1 aliphatic rings. The number of nitriles is 1. The first-order valence-corrected chi connectivity index (χ1v) is 11.9. The zero-order chi connectivity index (χ0) is 23.5. The summed E-state index contributed by atoms with van der Waals surface area (Å²) in [6.07, 6.45) is 6.10. The van der Waals surface area contributed by atoms with Gasteiger partial charge >= 0.3 is 5.97 Å². The van der Waals surface area contributed by atoms with Gasteiger partial charge in [0.05, 0.1) is 5.56 Å². The van der Waals surface area contributed by atoms with Gasteiger partial charge in [-0.1, -0.05) is 6.42 Å². The molecule has 3 aromatic heterocycles. The minimum atomic E-state index is -0.968. The summed E-state index contributed by atoms with van der Waals surface area (Å²) in [6, 6.07) is 2.25. The molecule has 4 rings (SSSR count). The van der Waals surface area contributed by atoms with Gasteiger partial charge in [0.1, 0.15) is 17.4 Å². The molecule has 3 aromatic rings. The van der Waals surface area contributed by atoms with Crippen LogP contribution in [0.5, 0.6) is 0 Å². The molecule has 3 heterocycles. The summed E-state index contributed by atoms with van der Waals surface area (Å²) < 4.78 is 7.01. The number of aryl methyl sites for hydroxylation is 3. The van der Waals surface area contributed by atoms with E-state index in [4.69, 9.17) is 4.74 Å². The largest absolute Gasteiger partial charge is 0.453 e. The number of fused-ring (bicyclic) bond motifs is 2. The Morgan fingerprint density at radius 1 is 1.30 bits per heavy atom. The van der Waals surface area contributed by atoms with Gasteiger partial charge in [-0.2, -0.15) is 15.3 Å². The smallest absolute Gasteiger partial charge is 0.306 e. The number of rotatable bonds is 6. The van der Waals surface area contributed by atoms with Crippen molar-refractivity contribution >= 4 is 34.0 Å². The van der Waals surface area contributed by atoms with Crippen LogP contribution < -0.4 is 5.32 Å². The van der Waals surface area contributed by atoms with Crippen molar-refractivity contribution in [3.05, 3.63) is 39.3 Å². The van der Waals surface area contributed by atoms with E-state index in [1.165, 1.54) is 29.5 Å². The quantitative estimate of drug-likeness (QED) is 0.436. The Balaban J connectivity index is 1.37. The fourth-order valence-electron chi connectivity index (χ4n) is 4.22. The third kappa shape index (κ3) is 4.73. The molecule has 0 bridgehead atoms. The molecule has 1 atom stereocenters. The van der Waals surface area contributed by atoms with Crippen molar-refractivity contribution in [1.82, 2.24) is 19.6 Å². The van der Waals surface area contributed by atoms with Crippen LogP contribution in [0.2, 0.25) is 0 Å². The van der Waals surface area contributed by atoms with E-state index < -0.39 is 18.0 Å². The van der Waals surface area contributed by atoms with E-state index in [9.17, 15) is 14.9 Å². The summed E-state index contributed by atoms with van der Waals surface area (Å²) in [5.74, 6) is -0.392. The number of anilines is 1. The van der Waals surface area contributed by atoms with Crippen LogP contribution in [0, 0.1) is 25.2 Å². The second-order valence-electron chi connectivity index (χ2n) is 8.23. The molecule has 0 aliphatic heterocycles. The number of nitrogens with one attached hydrogen (secondary N) is 1. The van der Waals surface area contributed by atoms with E-state index in [1.54, 1.807) is 4.52 Å². The number of esters is 1. The van der Waals surface area contributed by atoms with Crippen molar-refractivity contribution in [2.75, 3.05) is 5.32 Å². The van der Waals surface area contributed by atoms with Crippen molar-refractivity contribution in [2.24, 2.45) is 0 Å². The van der Waals surface area contributed by atoms with Gasteiger partial charge in [-0.15, -0.1) is 11.3 Å². The molecule has 0 saturated carbocycles. The lowest BCUT2D eigenvalue weighted by Crippen LogP contribution is -2.30. The highest BCUT2D eigenvalue weighted by atomic mass is 32.1. The van der Waals surface area contributed by atoms with Gasteiger partial charge in [0.15, 0.2) is 6.10 Å². The zero-order valence-electron chi connectivity index (χ0n) is 19.0. The first-order valence-electron chi connectivity index (χ1n) is 11.1. The first kappa shape index (κ1) is 22.9. The maximum Gasteiger partial charge on any atom is 0.306 e. The summed E-state index contributed by atoms with van der Waals surface area (Å²) in [5.41, 5.74) is 4.17. The second-order valence-corrected chi connectivity index (χ2v) is 9.34. The lowest BCUT2D eigenvalue weighted by molar-refractivity contribution is -0.153. The third-order valence-corrected chi connectivity index (χ3v) is 7.22. The van der Waals surface area contributed by atoms with Gasteiger partial charge < -0.3 is 10.1 Å². The zero-order valence-corrected chi connectivity index (χ0v) is 19.8. The van der Waals surface area contributed by atoms with Gasteiger partial charge in [-0.3, -0.25) is 9.59 Å². The molecule has 1 unspecified atom stereocenters. The molecular weight excluding hydrogens is 440 g/mol. The number of nitrogens with zero attached hydrogens (tertiary/aromatic N) is 5. The Labute approximate surface area is 195 Å². The molecule has 0 spiro atoms. The fraction of sp³-hybridized carbons (Fsp3) is 0.478. The summed E-state index contributed by atoms with van der Waals surface area (Å²) in [7, 11) is 0. The number of carbonyl (C=O) groups is 2. The number of hydrogen-bond donors (Lipinski definition) is 1. The average Bonchev–Trinajstić information content (AvgIpc) is 3.30. The molecule has 10 heteroatoms. The summed E-state index contributed by atoms with van der Waals surface area (Å²) in [4.78, 5) is 34.8. The number of ether oxygens (including phenoxy) is 1. The van der Waals surface area contributed by atoms with Crippen LogP contribution in [0.3, 0.4) is 0 Å². The Bertz CT molecular complexity index is 1260. The topological polar surface area (TPSA) is 122 Å². The maximum atomic E-state index is 12.7. The summed E-state index contributed by atoms with van der Waals surface area (Å²) in [6.45, 7) is 5.31. The molecule has 0 radical (unpaired) electrons. The standard InChI is InChI=1S/C23H26N6O3S/c1-13-16(14(2)29-23(27-13)25-12-26-29)9-10-20(30)32-15(3)21(31)28-22-18(11-24)17-7-5-4-6-8-19(17)33-22/h12,15H,4-10H2,1-3H3,(H,28,31). The molecule has 0 saturated heterocycles. The Morgan fingerprint density at radius 3 is 2.88 bits per heavy atom. The normalized spacial score (nSPS) is 14.2. The van der Waals surface area contributed by atoms with E-state index in [0.29, 0.717) is 22.8 Å². The summed E-state index contributed by atoms with van der Waals surface area (Å²) in [5, 5.41) is 17.1. The molecule has 1 N–H and O–H groups in total. The predicted octanol–water partition coefficient (Wildman–Crippen LogP) is 3.45. The number of aromatic nitrogens is 4. The Morgan fingerprint density at radius 2 is 2.09 bits per heavy atom. The SMILES string of the molecule is Cc1nc2ncnn2c(C)c1CCC(=O)OC(C)C(=O)Nc1sc2c(c1C#N)CCCCC2. The van der Waals surface area contributed by atoms with Crippen LogP contribution in [0.4, 0.5) is 5.00 Å². The van der Waals surface area contributed by atoms with Crippen molar-refractivity contribution < 1.29 is 14.3 Å². The van der Waals surface area contributed by atoms with Gasteiger partial charge in [0, 0.05) is 22.7 Å². The van der Waals surface area contributed by atoms with Crippen LogP contribution in [-0.4, -0.2) is 37.6 Å². The highest BCUT2D eigenvalue weighted by Gasteiger charge is 2.24. The maximum absolute atomic E-state index is 12.7. The molecule has 33 heavy (non-hydrogen) atoms. The van der Waals surface area contributed by atoms with Crippen molar-refractivity contribution in [1.29, 1.82) is 5.26 Å². The Kier molecular flexibility index (Phi) is 6.70. The van der Waals surface area contributed by atoms with E-state index in [1.807, 2.05) is 13.8 Å². The monoisotopic (exact) mass is 466 g/mol. The number of amides is 1. The molecule has 0 fully saturated rings. The van der Waals surface area contributed by atoms with E-state index in [-0.39, 0.29) is 6.42 Å². The van der Waals surface area contributed by atoms with Gasteiger partial charge in [0.2, 0.25) is 0 Å². The van der Waals surface area contributed by atoms with Crippen LogP contribution >= 0.6 is 11.3 Å². The summed E-state index contributed by atoms with van der Waals surface area (Å²) >= 11 is 1.46. The minimum absolute atomic E-state index is 0.109. The van der Waals surface area contributed by atoms with E-state index in [2.05, 4.69) is 26.5 Å². The number of thiophene rings is 1. The average molecular weight is 467 g/mol. The molecule has 1 aliphatic carbocycles. The van der Waals surface area contributed by atoms with Crippen LogP contribution in [0.1, 0.15) is 65.6 Å². The second kappa shape index (κ2) is 9.67. The molecule has 1 amide bonds. The highest BCUT2D eigenvalue weighted by Crippen LogP contribution is 2.37. The predicted molar refractivity (Wildman–Crippen MR) is 123 cm³/mol. The lowest BCUT2D eigenvalue weighted by atomic mass is 10.1. The van der Waals surface area contributed by atoms with Crippen LogP contribution in [0.15, 0.2) is 6.33 Å². The lowest BCUT2D eigenvalue weighted by Gasteiger charge is -2.14. The van der Waals surface area contributed by atoms with E-state index in [0.717, 1.165) is 54.6 Å². The number of hydrogen-bond acceptors (Lipinski definition) is 8. The highest BCUT2D eigenvalue weighted by molar-refractivity contribution is 7.16. The van der Waals surface area contributed by atoms with Crippen molar-refractivity contribution in [3.8, 4) is 6.07 Å². The van der Waals surface area contributed by atoms with E-state index >= 15 is 0 Å². The van der Waals surface area contributed by atoms with Crippen molar-refractivity contribution in [2.45, 2.75) is 71.8 Å². The molecule has 172 valence electrons. The van der Waals surface area contributed by atoms with Crippen LogP contribution in [-0.2, 0) is 33.6 Å².